The molecule has 0 saturated heterocycles. The Hall–Kier alpha value is -1.95. The van der Waals surface area contributed by atoms with Crippen molar-refractivity contribution in [3.63, 3.8) is 0 Å². The van der Waals surface area contributed by atoms with Gasteiger partial charge >= 0.3 is 5.97 Å². The number of nitrogens with two attached hydrogens (primary N) is 1. The van der Waals surface area contributed by atoms with Crippen molar-refractivity contribution in [3.8, 4) is 0 Å². The second-order valence-corrected chi connectivity index (χ2v) is 5.57. The maximum absolute atomic E-state index is 12.4. The molecule has 0 aliphatic heterocycles. The van der Waals surface area contributed by atoms with E-state index in [-0.39, 0.29) is 18.0 Å². The van der Waals surface area contributed by atoms with Gasteiger partial charge in [-0.05, 0) is 25.0 Å². The molecular formula is C15H21N3O3. The van der Waals surface area contributed by atoms with E-state index in [9.17, 15) is 9.59 Å². The van der Waals surface area contributed by atoms with Crippen LogP contribution in [0.4, 0.5) is 0 Å². The van der Waals surface area contributed by atoms with Crippen molar-refractivity contribution >= 4 is 11.9 Å². The van der Waals surface area contributed by atoms with E-state index in [4.69, 9.17) is 10.8 Å². The number of rotatable bonds is 5. The van der Waals surface area contributed by atoms with Crippen LogP contribution < -0.4 is 11.1 Å². The van der Waals surface area contributed by atoms with Crippen molar-refractivity contribution in [2.45, 2.75) is 38.6 Å². The molecule has 1 aliphatic rings. The van der Waals surface area contributed by atoms with Gasteiger partial charge in [-0.25, -0.2) is 4.79 Å². The molecule has 2 rings (SSSR count). The molecule has 6 heteroatoms. The summed E-state index contributed by atoms with van der Waals surface area (Å²) in [5.41, 5.74) is 6.05. The number of carboxylic acids is 1. The maximum Gasteiger partial charge on any atom is 0.335 e. The Morgan fingerprint density at radius 1 is 1.33 bits per heavy atom. The quantitative estimate of drug-likeness (QED) is 0.758. The Balaban J connectivity index is 2.00. The van der Waals surface area contributed by atoms with E-state index in [0.717, 1.165) is 32.1 Å². The molecule has 1 aliphatic carbocycles. The fourth-order valence-electron chi connectivity index (χ4n) is 2.82. The first-order valence-electron chi connectivity index (χ1n) is 7.24. The largest absolute Gasteiger partial charge is 0.478 e. The van der Waals surface area contributed by atoms with Crippen molar-refractivity contribution in [3.05, 3.63) is 29.6 Å². The van der Waals surface area contributed by atoms with E-state index in [0.29, 0.717) is 12.2 Å². The predicted octanol–water partition coefficient (Wildman–Crippen LogP) is 1.31. The summed E-state index contributed by atoms with van der Waals surface area (Å²) in [7, 11) is 0. The summed E-state index contributed by atoms with van der Waals surface area (Å²) in [5.74, 6) is -1.05. The smallest absolute Gasteiger partial charge is 0.335 e. The van der Waals surface area contributed by atoms with Crippen molar-refractivity contribution in [1.29, 1.82) is 0 Å². The lowest BCUT2D eigenvalue weighted by molar-refractivity contribution is -0.132. The third kappa shape index (κ3) is 3.58. The average Bonchev–Trinajstić information content (AvgIpc) is 2.53. The SMILES string of the molecule is NCC1(C(=O)NCc2cc(C(=O)O)ccn2)CCCCC1. The van der Waals surface area contributed by atoms with Crippen LogP contribution in [-0.4, -0.2) is 28.5 Å². The van der Waals surface area contributed by atoms with Crippen LogP contribution in [-0.2, 0) is 11.3 Å². The summed E-state index contributed by atoms with van der Waals surface area (Å²) in [4.78, 5) is 27.4. The summed E-state index contributed by atoms with van der Waals surface area (Å²) in [5, 5.41) is 11.8. The molecule has 0 atom stereocenters. The predicted molar refractivity (Wildman–Crippen MR) is 77.6 cm³/mol. The van der Waals surface area contributed by atoms with E-state index in [1.165, 1.54) is 18.3 Å². The molecule has 114 valence electrons. The lowest BCUT2D eigenvalue weighted by Crippen LogP contribution is -2.47. The first-order chi connectivity index (χ1) is 10.1. The number of hydrogen-bond donors (Lipinski definition) is 3. The average molecular weight is 291 g/mol. The number of aromatic carboxylic acids is 1. The Bertz CT molecular complexity index is 525. The fraction of sp³-hybridized carbons (Fsp3) is 0.533. The lowest BCUT2D eigenvalue weighted by Gasteiger charge is -2.34. The van der Waals surface area contributed by atoms with E-state index < -0.39 is 11.4 Å². The van der Waals surface area contributed by atoms with Gasteiger partial charge in [0.25, 0.3) is 0 Å². The zero-order valence-electron chi connectivity index (χ0n) is 12.0. The summed E-state index contributed by atoms with van der Waals surface area (Å²) in [6.07, 6.45) is 6.27. The molecule has 1 saturated carbocycles. The molecule has 0 unspecified atom stereocenters. The third-order valence-corrected chi connectivity index (χ3v) is 4.18. The standard InChI is InChI=1S/C15H21N3O3/c16-10-15(5-2-1-3-6-15)14(21)18-9-12-8-11(13(19)20)4-7-17-12/h4,7-8H,1-3,5-6,9-10,16H2,(H,18,21)(H,19,20). The monoisotopic (exact) mass is 291 g/mol. The highest BCUT2D eigenvalue weighted by atomic mass is 16.4. The minimum Gasteiger partial charge on any atom is -0.478 e. The second kappa shape index (κ2) is 6.67. The van der Waals surface area contributed by atoms with Gasteiger partial charge in [0.15, 0.2) is 0 Å². The highest BCUT2D eigenvalue weighted by molar-refractivity contribution is 5.87. The minimum atomic E-state index is -1.00. The molecule has 0 radical (unpaired) electrons. The van der Waals surface area contributed by atoms with Gasteiger partial charge in [-0.2, -0.15) is 0 Å². The zero-order chi connectivity index (χ0) is 15.3. The van der Waals surface area contributed by atoms with Crippen molar-refractivity contribution in [1.82, 2.24) is 10.3 Å². The fourth-order valence-corrected chi connectivity index (χ4v) is 2.82. The molecule has 4 N–H and O–H groups in total. The van der Waals surface area contributed by atoms with Crippen LogP contribution in [0, 0.1) is 5.41 Å². The van der Waals surface area contributed by atoms with E-state index in [1.807, 2.05) is 0 Å². The van der Waals surface area contributed by atoms with Crippen LogP contribution >= 0.6 is 0 Å². The van der Waals surface area contributed by atoms with Crippen molar-refractivity contribution < 1.29 is 14.7 Å². The summed E-state index contributed by atoms with van der Waals surface area (Å²) in [6.45, 7) is 0.573. The molecule has 1 fully saturated rings. The van der Waals surface area contributed by atoms with Gasteiger partial charge in [-0.15, -0.1) is 0 Å². The van der Waals surface area contributed by atoms with E-state index in [2.05, 4.69) is 10.3 Å². The van der Waals surface area contributed by atoms with Gasteiger partial charge in [0.2, 0.25) is 5.91 Å². The van der Waals surface area contributed by atoms with Gasteiger partial charge in [0.05, 0.1) is 23.2 Å². The number of carbonyl (C=O) groups is 2. The number of aromatic nitrogens is 1. The molecule has 0 aromatic carbocycles. The number of carbonyl (C=O) groups excluding carboxylic acids is 1. The third-order valence-electron chi connectivity index (χ3n) is 4.18. The van der Waals surface area contributed by atoms with Gasteiger partial charge in [-0.3, -0.25) is 9.78 Å². The Morgan fingerprint density at radius 2 is 2.05 bits per heavy atom. The zero-order valence-corrected chi connectivity index (χ0v) is 12.0. The molecule has 1 aromatic rings. The number of hydrogen-bond acceptors (Lipinski definition) is 4. The first kappa shape index (κ1) is 15.4. The topological polar surface area (TPSA) is 105 Å². The molecule has 1 aromatic heterocycles. The van der Waals surface area contributed by atoms with Crippen LogP contribution in [0.25, 0.3) is 0 Å². The van der Waals surface area contributed by atoms with Crippen LogP contribution in [0.15, 0.2) is 18.3 Å². The molecule has 0 bridgehead atoms. The van der Waals surface area contributed by atoms with E-state index in [1.54, 1.807) is 0 Å². The molecule has 21 heavy (non-hydrogen) atoms. The Labute approximate surface area is 123 Å². The number of nitrogens with zero attached hydrogens (tertiary/aromatic N) is 1. The second-order valence-electron chi connectivity index (χ2n) is 5.57. The van der Waals surface area contributed by atoms with Crippen molar-refractivity contribution in [2.24, 2.45) is 11.1 Å². The van der Waals surface area contributed by atoms with Gasteiger partial charge < -0.3 is 16.2 Å². The van der Waals surface area contributed by atoms with E-state index >= 15 is 0 Å². The molecule has 0 spiro atoms. The number of nitrogens with one attached hydrogen (secondary N) is 1. The summed E-state index contributed by atoms with van der Waals surface area (Å²) in [6, 6.07) is 2.90. The van der Waals surface area contributed by atoms with Crippen molar-refractivity contribution in [2.75, 3.05) is 6.54 Å². The highest BCUT2D eigenvalue weighted by Gasteiger charge is 2.37. The molecule has 6 nitrogen and oxygen atoms in total. The van der Waals surface area contributed by atoms with Crippen LogP contribution in [0.3, 0.4) is 0 Å². The Kier molecular flexibility index (Phi) is 4.90. The first-order valence-corrected chi connectivity index (χ1v) is 7.24. The molecular weight excluding hydrogens is 270 g/mol. The van der Waals surface area contributed by atoms with Crippen LogP contribution in [0.2, 0.25) is 0 Å². The summed E-state index contributed by atoms with van der Waals surface area (Å²) >= 11 is 0. The van der Waals surface area contributed by atoms with Gasteiger partial charge in [-0.1, -0.05) is 19.3 Å². The minimum absolute atomic E-state index is 0.0489. The van der Waals surface area contributed by atoms with Crippen LogP contribution in [0.1, 0.15) is 48.2 Å². The van der Waals surface area contributed by atoms with Gasteiger partial charge in [0.1, 0.15) is 0 Å². The molecule has 1 heterocycles. The Morgan fingerprint density at radius 3 is 2.67 bits per heavy atom. The normalized spacial score (nSPS) is 17.2. The number of amides is 1. The van der Waals surface area contributed by atoms with Crippen LogP contribution in [0.5, 0.6) is 0 Å². The number of carboxylic acid groups (broad SMARTS) is 1. The summed E-state index contributed by atoms with van der Waals surface area (Å²) < 4.78 is 0. The molecule has 1 amide bonds. The maximum atomic E-state index is 12.4. The van der Waals surface area contributed by atoms with Gasteiger partial charge in [0, 0.05) is 12.7 Å². The highest BCUT2D eigenvalue weighted by Crippen LogP contribution is 2.35. The lowest BCUT2D eigenvalue weighted by atomic mass is 9.73. The number of pyridine rings is 1.